The lowest BCUT2D eigenvalue weighted by Crippen LogP contribution is -2.68. The number of hydrogen-bond acceptors (Lipinski definition) is 12. The van der Waals surface area contributed by atoms with Crippen molar-refractivity contribution in [3.63, 3.8) is 0 Å². The van der Waals surface area contributed by atoms with Crippen LogP contribution in [-0.4, -0.2) is 48.8 Å². The van der Waals surface area contributed by atoms with Gasteiger partial charge in [-0.1, -0.05) is 130 Å². The van der Waals surface area contributed by atoms with Gasteiger partial charge >= 0.3 is 0 Å². The molecule has 0 radical (unpaired) electrons. The van der Waals surface area contributed by atoms with E-state index in [9.17, 15) is 19.2 Å². The van der Waals surface area contributed by atoms with Crippen LogP contribution in [0.2, 0.25) is 0 Å². The number of pyridine rings is 2. The molecule has 0 unspecified atom stereocenters. The summed E-state index contributed by atoms with van der Waals surface area (Å²) in [5.74, 6) is -0.205. The molecule has 18 nitrogen and oxygen atoms in total. The van der Waals surface area contributed by atoms with Crippen LogP contribution in [0.1, 0.15) is 182 Å². The van der Waals surface area contributed by atoms with Crippen molar-refractivity contribution in [3.8, 4) is 0 Å². The monoisotopic (exact) mass is 1030 g/mol. The molecule has 2 aromatic rings. The average Bonchev–Trinajstić information content (AvgIpc) is 3.28. The minimum Gasteiger partial charge on any atom is -0.354 e. The fourth-order valence-electron chi connectivity index (χ4n) is 7.61. The highest BCUT2D eigenvalue weighted by Gasteiger charge is 2.24. The van der Waals surface area contributed by atoms with Crippen molar-refractivity contribution in [2.75, 3.05) is 13.1 Å². The summed E-state index contributed by atoms with van der Waals surface area (Å²) in [7, 11) is -9.89. The number of nitrogens with one attached hydrogen (secondary N) is 4. The Morgan fingerprint density at radius 3 is 0.900 bits per heavy atom. The molecule has 0 bridgehead atoms. The number of rotatable bonds is 37. The standard InChI is InChI=1S/C50H84N6O4.2ClHO4/c1-43(2)47(53-45(57)33-23-15-9-5-7-13-19-27-37-55-39-29-21-30-40-55)49(59)51-35-25-17-11-12-18-26-36-52-50(60)48(44(3)4)54-46(58)34-24-16-10-6-8-14-20-28-38-56-41-31-22-32-42-56;2*2-1(3,4)5/h21-22,29-32,39-44,47-48H,5-20,23-28,33-38H2,1-4H3,(H2-2,51,52,53,54,57,58,59,60);2*(H,2,3,4,5)/t47-,48-;;/m0../s1. The van der Waals surface area contributed by atoms with E-state index in [1.165, 1.54) is 64.2 Å². The zero-order chi connectivity index (χ0) is 52.5. The molecule has 0 fully saturated rings. The van der Waals surface area contributed by atoms with E-state index >= 15 is 0 Å². The molecule has 2 atom stereocenters. The number of halogens is 2. The molecule has 0 aliphatic heterocycles. The van der Waals surface area contributed by atoms with Crippen LogP contribution in [0.4, 0.5) is 0 Å². The fourth-order valence-corrected chi connectivity index (χ4v) is 7.61. The van der Waals surface area contributed by atoms with Gasteiger partial charge in [0.2, 0.25) is 23.6 Å². The van der Waals surface area contributed by atoms with Crippen molar-refractivity contribution in [2.45, 2.75) is 207 Å². The van der Waals surface area contributed by atoms with Gasteiger partial charge in [-0.25, -0.2) is 46.4 Å². The quantitative estimate of drug-likeness (QED) is 0.0484. The number of carbonyl (C=O) groups is 4. The minimum atomic E-state index is -4.94. The number of aryl methyl sites for hydroxylation is 2. The second-order valence-corrected chi connectivity index (χ2v) is 19.9. The molecular formula is C50H86Cl2N6O12. The average molecular weight is 1030 g/mol. The van der Waals surface area contributed by atoms with Crippen LogP contribution in [0, 0.1) is 32.3 Å². The van der Waals surface area contributed by atoms with Crippen molar-refractivity contribution in [1.29, 1.82) is 0 Å². The first-order chi connectivity index (χ1) is 33.2. The third-order valence-electron chi connectivity index (χ3n) is 11.4. The van der Waals surface area contributed by atoms with Gasteiger partial charge in [0, 0.05) is 63.0 Å². The Morgan fingerprint density at radius 2 is 0.629 bits per heavy atom. The molecular weight excluding hydrogens is 947 g/mol. The highest BCUT2D eigenvalue weighted by molar-refractivity contribution is 5.88. The van der Waals surface area contributed by atoms with E-state index < -0.39 is 32.6 Å². The van der Waals surface area contributed by atoms with E-state index in [1.807, 2.05) is 39.8 Å². The van der Waals surface area contributed by atoms with Crippen molar-refractivity contribution < 1.29 is 86.1 Å². The Labute approximate surface area is 422 Å². The number of aromatic nitrogens is 2. The van der Waals surface area contributed by atoms with E-state index in [4.69, 9.17) is 37.3 Å². The van der Waals surface area contributed by atoms with Gasteiger partial charge < -0.3 is 21.3 Å². The maximum Gasteiger partial charge on any atom is 0.242 e. The van der Waals surface area contributed by atoms with Crippen LogP contribution in [-0.2, 0) is 32.3 Å². The Kier molecular flexibility index (Phi) is 39.9. The van der Waals surface area contributed by atoms with E-state index in [-0.39, 0.29) is 35.5 Å². The van der Waals surface area contributed by atoms with E-state index in [1.54, 1.807) is 0 Å². The molecule has 0 spiro atoms. The molecule has 0 aromatic carbocycles. The lowest BCUT2D eigenvalue weighted by molar-refractivity contribution is -2.00. The van der Waals surface area contributed by atoms with Crippen molar-refractivity contribution in [3.05, 3.63) is 61.2 Å². The van der Waals surface area contributed by atoms with Crippen molar-refractivity contribution in [2.24, 2.45) is 11.8 Å². The summed E-state index contributed by atoms with van der Waals surface area (Å²) in [6.45, 7) is 11.3. The fraction of sp³-hybridized carbons (Fsp3) is 0.720. The van der Waals surface area contributed by atoms with E-state index in [0.717, 1.165) is 90.1 Å². The van der Waals surface area contributed by atoms with Crippen LogP contribution in [0.5, 0.6) is 0 Å². The summed E-state index contributed by atoms with van der Waals surface area (Å²) < 4.78 is 72.4. The summed E-state index contributed by atoms with van der Waals surface area (Å²) in [6, 6.07) is 11.4. The maximum absolute atomic E-state index is 12.9. The van der Waals surface area contributed by atoms with Gasteiger partial charge in [0.05, 0.1) is 0 Å². The predicted octanol–water partition coefficient (Wildman–Crippen LogP) is -0.674. The largest absolute Gasteiger partial charge is 0.354 e. The van der Waals surface area contributed by atoms with Gasteiger partial charge in [-0.05, 0) is 50.4 Å². The topological polar surface area (TPSA) is 309 Å². The summed E-state index contributed by atoms with van der Waals surface area (Å²) in [4.78, 5) is 51.1. The Hall–Kier alpha value is -3.56. The minimum absolute atomic E-state index is 0.0253. The van der Waals surface area contributed by atoms with Gasteiger partial charge in [-0.3, -0.25) is 19.2 Å². The van der Waals surface area contributed by atoms with Crippen molar-refractivity contribution >= 4 is 23.6 Å². The Bertz CT molecular complexity index is 1480. The van der Waals surface area contributed by atoms with Gasteiger partial charge in [-0.2, -0.15) is 0 Å². The van der Waals surface area contributed by atoms with E-state index in [2.05, 4.69) is 79.5 Å². The third-order valence-corrected chi connectivity index (χ3v) is 11.4. The molecule has 2 rings (SSSR count). The zero-order valence-electron chi connectivity index (χ0n) is 42.4. The lowest BCUT2D eigenvalue weighted by Gasteiger charge is -2.22. The number of hydrogen-bond donors (Lipinski definition) is 4. The van der Waals surface area contributed by atoms with Gasteiger partial charge in [0.15, 0.2) is 24.8 Å². The van der Waals surface area contributed by atoms with Crippen LogP contribution in [0.3, 0.4) is 0 Å². The van der Waals surface area contributed by atoms with E-state index in [0.29, 0.717) is 25.9 Å². The number of nitrogens with zero attached hydrogens (tertiary/aromatic N) is 2. The number of amides is 4. The summed E-state index contributed by atoms with van der Waals surface area (Å²) in [6.07, 6.45) is 34.0. The first-order valence-electron chi connectivity index (χ1n) is 25.4. The highest BCUT2D eigenvalue weighted by Crippen LogP contribution is 2.13. The molecule has 70 heavy (non-hydrogen) atoms. The molecule has 2 heterocycles. The molecule has 4 N–H and O–H groups in total. The van der Waals surface area contributed by atoms with Gasteiger partial charge in [0.25, 0.3) is 0 Å². The number of carbonyl (C=O) groups excluding carboxylic acids is 4. The molecule has 0 saturated carbocycles. The Morgan fingerprint density at radius 1 is 0.386 bits per heavy atom. The first kappa shape index (κ1) is 66.4. The van der Waals surface area contributed by atoms with Crippen LogP contribution in [0.25, 0.3) is 0 Å². The Balaban J connectivity index is 0.00000429. The van der Waals surface area contributed by atoms with Gasteiger partial charge in [0.1, 0.15) is 25.2 Å². The van der Waals surface area contributed by atoms with Crippen LogP contribution >= 0.6 is 0 Å². The molecule has 20 heteroatoms. The zero-order valence-corrected chi connectivity index (χ0v) is 43.9. The highest BCUT2D eigenvalue weighted by atomic mass is 35.7. The smallest absolute Gasteiger partial charge is 0.242 e. The summed E-state index contributed by atoms with van der Waals surface area (Å²) in [5.41, 5.74) is 0. The summed E-state index contributed by atoms with van der Waals surface area (Å²) in [5, 5.41) is 12.0. The van der Waals surface area contributed by atoms with Crippen LogP contribution in [0.15, 0.2) is 61.2 Å². The van der Waals surface area contributed by atoms with Crippen LogP contribution < -0.4 is 67.7 Å². The predicted molar refractivity (Wildman–Crippen MR) is 244 cm³/mol. The molecule has 4 amide bonds. The normalized spacial score (nSPS) is 12.3. The SMILES string of the molecule is CC(C)[C@H](NC(=O)CCCCCCCCCC[n+]1ccccc1)C(=O)NCCCCCCCCNC(=O)[C@@H](NC(=O)CCCCCCCCCC[n+]1ccccc1)C(C)C.[O-][Cl+3]([O-])([O-])[O-].[O-][Cl+3]([O-])([O-])[O-]. The third kappa shape index (κ3) is 45.6. The second kappa shape index (κ2) is 42.0. The first-order valence-corrected chi connectivity index (χ1v) is 27.9. The van der Waals surface area contributed by atoms with Gasteiger partial charge in [-0.15, -0.1) is 20.5 Å². The molecule has 0 aliphatic carbocycles. The molecule has 2 aromatic heterocycles. The molecule has 402 valence electrons. The second-order valence-electron chi connectivity index (χ2n) is 18.4. The molecule has 0 aliphatic rings. The number of unbranched alkanes of at least 4 members (excludes halogenated alkanes) is 19. The summed E-state index contributed by atoms with van der Waals surface area (Å²) >= 11 is 0. The maximum atomic E-state index is 12.9. The molecule has 0 saturated heterocycles. The lowest BCUT2D eigenvalue weighted by atomic mass is 10.0. The van der Waals surface area contributed by atoms with Crippen molar-refractivity contribution in [1.82, 2.24) is 21.3 Å².